The molecule has 9 heteroatoms. The maximum atomic E-state index is 10.9. The molecule has 136 valence electrons. The Bertz CT molecular complexity index is 1010. The summed E-state index contributed by atoms with van der Waals surface area (Å²) in [4.78, 5) is 14.6. The largest absolute Gasteiger partial charge is 0.490 e. The average molecular weight is 366 g/mol. The highest BCUT2D eigenvalue weighted by atomic mass is 16.6. The van der Waals surface area contributed by atoms with Crippen molar-refractivity contribution >= 4 is 5.69 Å². The molecule has 0 fully saturated rings. The number of hydrogen-bond donors (Lipinski definition) is 0. The molecule has 0 amide bonds. The minimum absolute atomic E-state index is 0.0199. The molecule has 0 radical (unpaired) electrons. The summed E-state index contributed by atoms with van der Waals surface area (Å²) in [7, 11) is 0. The highest BCUT2D eigenvalue weighted by Crippen LogP contribution is 2.29. The van der Waals surface area contributed by atoms with Gasteiger partial charge < -0.3 is 14.0 Å². The third-order valence-corrected chi connectivity index (χ3v) is 3.51. The minimum Gasteiger partial charge on any atom is -0.490 e. The number of ether oxygens (including phenoxy) is 2. The first kappa shape index (κ1) is 17.9. The van der Waals surface area contributed by atoms with E-state index in [1.807, 2.05) is 13.0 Å². The maximum Gasteiger partial charge on any atom is 0.270 e. The van der Waals surface area contributed by atoms with E-state index in [-0.39, 0.29) is 24.0 Å². The van der Waals surface area contributed by atoms with Crippen LogP contribution in [0.4, 0.5) is 5.69 Å². The van der Waals surface area contributed by atoms with Crippen LogP contribution >= 0.6 is 0 Å². The van der Waals surface area contributed by atoms with Gasteiger partial charge in [-0.1, -0.05) is 17.3 Å². The normalized spacial score (nSPS) is 10.2. The van der Waals surface area contributed by atoms with Crippen molar-refractivity contribution in [3.05, 3.63) is 64.0 Å². The van der Waals surface area contributed by atoms with Crippen molar-refractivity contribution in [3.63, 3.8) is 0 Å². The number of nitro benzene ring substituents is 1. The summed E-state index contributed by atoms with van der Waals surface area (Å²) in [6, 6.07) is 12.8. The Morgan fingerprint density at radius 3 is 2.81 bits per heavy atom. The molecular formula is C18H14N4O5. The molecule has 3 aromatic rings. The molecule has 0 bridgehead atoms. The Labute approximate surface area is 153 Å². The number of non-ortho nitro benzene ring substituents is 1. The number of nitrogens with zero attached hydrogens (tertiary/aromatic N) is 4. The van der Waals surface area contributed by atoms with Crippen LogP contribution in [0.2, 0.25) is 0 Å². The summed E-state index contributed by atoms with van der Waals surface area (Å²) in [5.41, 5.74) is 0.859. The topological polar surface area (TPSA) is 124 Å². The van der Waals surface area contributed by atoms with Crippen molar-refractivity contribution in [1.29, 1.82) is 5.26 Å². The van der Waals surface area contributed by atoms with Crippen molar-refractivity contribution in [3.8, 4) is 29.0 Å². The summed E-state index contributed by atoms with van der Waals surface area (Å²) >= 11 is 0. The summed E-state index contributed by atoms with van der Waals surface area (Å²) < 4.78 is 16.3. The van der Waals surface area contributed by atoms with Crippen LogP contribution in [-0.4, -0.2) is 21.7 Å². The van der Waals surface area contributed by atoms with Gasteiger partial charge >= 0.3 is 0 Å². The molecule has 27 heavy (non-hydrogen) atoms. The second-order valence-corrected chi connectivity index (χ2v) is 5.31. The van der Waals surface area contributed by atoms with Crippen molar-refractivity contribution < 1.29 is 18.9 Å². The fourth-order valence-corrected chi connectivity index (χ4v) is 2.29. The van der Waals surface area contributed by atoms with Crippen LogP contribution in [0.1, 0.15) is 18.4 Å². The molecular weight excluding hydrogens is 352 g/mol. The number of nitriles is 1. The third-order valence-electron chi connectivity index (χ3n) is 3.51. The standard InChI is InChI=1S/C18H14N4O5/c1-2-25-16-8-12(10-19)6-7-15(16)26-11-17-20-18(21-27-17)13-4-3-5-14(9-13)22(23)24/h3-9H,2,11H2,1H3. The van der Waals surface area contributed by atoms with Gasteiger partial charge in [-0.2, -0.15) is 10.2 Å². The van der Waals surface area contributed by atoms with E-state index in [1.165, 1.54) is 12.1 Å². The molecule has 1 aromatic heterocycles. The molecule has 0 aliphatic heterocycles. The quantitative estimate of drug-likeness (QED) is 0.459. The highest BCUT2D eigenvalue weighted by molar-refractivity contribution is 5.58. The highest BCUT2D eigenvalue weighted by Gasteiger charge is 2.14. The second kappa shape index (κ2) is 7.97. The van der Waals surface area contributed by atoms with E-state index in [4.69, 9.17) is 19.3 Å². The molecule has 0 spiro atoms. The lowest BCUT2D eigenvalue weighted by Crippen LogP contribution is -2.00. The summed E-state index contributed by atoms with van der Waals surface area (Å²) in [6.45, 7) is 2.22. The van der Waals surface area contributed by atoms with E-state index in [9.17, 15) is 10.1 Å². The van der Waals surface area contributed by atoms with Gasteiger partial charge in [0, 0.05) is 23.8 Å². The van der Waals surface area contributed by atoms with Gasteiger partial charge in [0.25, 0.3) is 11.6 Å². The van der Waals surface area contributed by atoms with E-state index in [2.05, 4.69) is 10.1 Å². The SMILES string of the molecule is CCOc1cc(C#N)ccc1OCc1nc(-c2cccc([N+](=O)[O-])c2)no1. The predicted octanol–water partition coefficient (Wildman–Crippen LogP) is 3.49. The van der Waals surface area contributed by atoms with Crippen LogP contribution in [0, 0.1) is 21.4 Å². The van der Waals surface area contributed by atoms with E-state index < -0.39 is 4.92 Å². The Kier molecular flexibility index (Phi) is 5.28. The Hall–Kier alpha value is -3.93. The first-order valence-electron chi connectivity index (χ1n) is 7.98. The van der Waals surface area contributed by atoms with E-state index in [1.54, 1.807) is 30.3 Å². The van der Waals surface area contributed by atoms with E-state index in [0.29, 0.717) is 29.2 Å². The van der Waals surface area contributed by atoms with Crippen LogP contribution in [0.3, 0.4) is 0 Å². The lowest BCUT2D eigenvalue weighted by Gasteiger charge is -2.10. The van der Waals surface area contributed by atoms with Gasteiger partial charge in [0.05, 0.1) is 23.2 Å². The molecule has 0 N–H and O–H groups in total. The van der Waals surface area contributed by atoms with Gasteiger partial charge in [-0.25, -0.2) is 0 Å². The van der Waals surface area contributed by atoms with Crippen LogP contribution in [0.25, 0.3) is 11.4 Å². The number of rotatable bonds is 7. The molecule has 0 aliphatic carbocycles. The maximum absolute atomic E-state index is 10.9. The zero-order valence-electron chi connectivity index (χ0n) is 14.3. The smallest absolute Gasteiger partial charge is 0.270 e. The third kappa shape index (κ3) is 4.19. The molecule has 0 aliphatic rings. The molecule has 1 heterocycles. The second-order valence-electron chi connectivity index (χ2n) is 5.31. The lowest BCUT2D eigenvalue weighted by molar-refractivity contribution is -0.384. The Morgan fingerprint density at radius 2 is 2.07 bits per heavy atom. The van der Waals surface area contributed by atoms with Crippen LogP contribution in [-0.2, 0) is 6.61 Å². The zero-order chi connectivity index (χ0) is 19.2. The molecule has 3 rings (SSSR count). The average Bonchev–Trinajstić information content (AvgIpc) is 3.16. The van der Waals surface area contributed by atoms with Gasteiger partial charge in [0.1, 0.15) is 0 Å². The first-order chi connectivity index (χ1) is 13.1. The Balaban J connectivity index is 1.75. The van der Waals surface area contributed by atoms with E-state index >= 15 is 0 Å². The van der Waals surface area contributed by atoms with Crippen molar-refractivity contribution in [2.75, 3.05) is 6.61 Å². The fraction of sp³-hybridized carbons (Fsp3) is 0.167. The molecule has 0 atom stereocenters. The summed E-state index contributed by atoms with van der Waals surface area (Å²) in [5.74, 6) is 1.30. The predicted molar refractivity (Wildman–Crippen MR) is 93.0 cm³/mol. The van der Waals surface area contributed by atoms with Gasteiger partial charge in [0.15, 0.2) is 18.1 Å². The Morgan fingerprint density at radius 1 is 1.22 bits per heavy atom. The first-order valence-corrected chi connectivity index (χ1v) is 7.98. The molecule has 0 unspecified atom stereocenters. The van der Waals surface area contributed by atoms with Gasteiger partial charge in [0.2, 0.25) is 5.82 Å². The van der Waals surface area contributed by atoms with Gasteiger partial charge in [-0.3, -0.25) is 10.1 Å². The monoisotopic (exact) mass is 366 g/mol. The lowest BCUT2D eigenvalue weighted by atomic mass is 10.2. The number of nitro groups is 1. The van der Waals surface area contributed by atoms with Crippen molar-refractivity contribution in [2.24, 2.45) is 0 Å². The number of aromatic nitrogens is 2. The molecule has 9 nitrogen and oxygen atoms in total. The molecule has 0 saturated carbocycles. The van der Waals surface area contributed by atoms with Crippen LogP contribution in [0.5, 0.6) is 11.5 Å². The molecule has 0 saturated heterocycles. The van der Waals surface area contributed by atoms with Crippen molar-refractivity contribution in [2.45, 2.75) is 13.5 Å². The van der Waals surface area contributed by atoms with Gasteiger partial charge in [-0.05, 0) is 19.1 Å². The summed E-state index contributed by atoms with van der Waals surface area (Å²) in [6.07, 6.45) is 0. The minimum atomic E-state index is -0.492. The van der Waals surface area contributed by atoms with Crippen LogP contribution < -0.4 is 9.47 Å². The zero-order valence-corrected chi connectivity index (χ0v) is 14.3. The van der Waals surface area contributed by atoms with Crippen molar-refractivity contribution in [1.82, 2.24) is 10.1 Å². The van der Waals surface area contributed by atoms with Gasteiger partial charge in [-0.15, -0.1) is 0 Å². The van der Waals surface area contributed by atoms with E-state index in [0.717, 1.165) is 0 Å². The number of hydrogen-bond acceptors (Lipinski definition) is 8. The summed E-state index contributed by atoms with van der Waals surface area (Å²) in [5, 5.41) is 23.7. The fourth-order valence-electron chi connectivity index (χ4n) is 2.29. The molecule has 2 aromatic carbocycles. The number of benzene rings is 2. The van der Waals surface area contributed by atoms with Crippen LogP contribution in [0.15, 0.2) is 47.0 Å².